The molecule has 2 atom stereocenters. The normalized spacial score (nSPS) is 17.9. The van der Waals surface area contributed by atoms with Gasteiger partial charge in [0.15, 0.2) is 6.61 Å². The molecular formula is C31H32Cl2N4O8. The van der Waals surface area contributed by atoms with Crippen LogP contribution in [0.3, 0.4) is 0 Å². The number of benzene rings is 2. The highest BCUT2D eigenvalue weighted by Gasteiger charge is 2.43. The Morgan fingerprint density at radius 1 is 1.04 bits per heavy atom. The first kappa shape index (κ1) is 33.6. The molecule has 2 aliphatic rings. The standard InChI is InChI=1S/C31H32Cl2N4O8/c1-17-27(30(40)42-2)28(19-6-4-5-7-20(19)32)29(31(41)43-3)23(35-17)15-44-13-12-34-26(39)16-45-24-10-8-18(14-21(24)33)22-9-11-25(38)37-36-22/h4-8,10,14,27-28H,9,11-13,15-16H2,1-3H3,(H,34,39)(H,37,38). The third-order valence-corrected chi connectivity index (χ3v) is 7.79. The summed E-state index contributed by atoms with van der Waals surface area (Å²) in [6.07, 6.45) is 0.838. The van der Waals surface area contributed by atoms with Gasteiger partial charge in [0, 0.05) is 36.0 Å². The van der Waals surface area contributed by atoms with E-state index in [1.165, 1.54) is 14.2 Å². The molecule has 2 aromatic rings. The lowest BCUT2D eigenvalue weighted by atomic mass is 9.75. The van der Waals surface area contributed by atoms with Crippen molar-refractivity contribution in [3.05, 3.63) is 74.9 Å². The van der Waals surface area contributed by atoms with Crippen molar-refractivity contribution >= 4 is 58.4 Å². The van der Waals surface area contributed by atoms with Gasteiger partial charge < -0.3 is 24.3 Å². The number of ether oxygens (including phenoxy) is 4. The molecule has 45 heavy (non-hydrogen) atoms. The largest absolute Gasteiger partial charge is 0.482 e. The van der Waals surface area contributed by atoms with Gasteiger partial charge in [-0.25, -0.2) is 10.2 Å². The number of halogens is 2. The average molecular weight is 660 g/mol. The van der Waals surface area contributed by atoms with Crippen LogP contribution in [0, 0.1) is 5.92 Å². The molecule has 2 heterocycles. The average Bonchev–Trinajstić information content (AvgIpc) is 3.03. The molecule has 0 bridgehead atoms. The second kappa shape index (κ2) is 15.6. The van der Waals surface area contributed by atoms with Crippen LogP contribution < -0.4 is 15.5 Å². The van der Waals surface area contributed by atoms with Crippen LogP contribution in [0.1, 0.15) is 36.8 Å². The first-order valence-electron chi connectivity index (χ1n) is 14.0. The van der Waals surface area contributed by atoms with E-state index in [0.29, 0.717) is 45.6 Å². The van der Waals surface area contributed by atoms with Crippen molar-refractivity contribution < 1.29 is 38.1 Å². The Morgan fingerprint density at radius 3 is 2.49 bits per heavy atom. The van der Waals surface area contributed by atoms with Gasteiger partial charge in [-0.1, -0.05) is 41.4 Å². The van der Waals surface area contributed by atoms with Gasteiger partial charge in [0.1, 0.15) is 11.7 Å². The second-order valence-corrected chi connectivity index (χ2v) is 10.8. The number of carbonyl (C=O) groups excluding carboxylic acids is 4. The minimum Gasteiger partial charge on any atom is -0.482 e. The van der Waals surface area contributed by atoms with Gasteiger partial charge >= 0.3 is 11.9 Å². The van der Waals surface area contributed by atoms with Crippen molar-refractivity contribution in [2.45, 2.75) is 25.7 Å². The number of aliphatic imine (C=N–C) groups is 1. The summed E-state index contributed by atoms with van der Waals surface area (Å²) in [5, 5.41) is 7.40. The van der Waals surface area contributed by atoms with Crippen LogP contribution in [0.25, 0.3) is 0 Å². The maximum absolute atomic E-state index is 13.0. The molecule has 14 heteroatoms. The molecule has 12 nitrogen and oxygen atoms in total. The summed E-state index contributed by atoms with van der Waals surface area (Å²) >= 11 is 12.8. The highest BCUT2D eigenvalue weighted by molar-refractivity contribution is 6.32. The van der Waals surface area contributed by atoms with Crippen LogP contribution in [0.5, 0.6) is 5.75 Å². The Bertz CT molecular complexity index is 1570. The molecular weight excluding hydrogens is 627 g/mol. The van der Waals surface area contributed by atoms with Gasteiger partial charge in [-0.3, -0.25) is 19.4 Å². The molecule has 238 valence electrons. The smallest absolute Gasteiger partial charge is 0.336 e. The van der Waals surface area contributed by atoms with Crippen molar-refractivity contribution in [2.75, 3.05) is 40.6 Å². The number of methoxy groups -OCH3 is 2. The number of hydrogen-bond acceptors (Lipinski definition) is 10. The Kier molecular flexibility index (Phi) is 11.7. The van der Waals surface area contributed by atoms with Crippen molar-refractivity contribution in [3.8, 4) is 5.75 Å². The molecule has 2 N–H and O–H groups in total. The molecule has 0 radical (unpaired) electrons. The van der Waals surface area contributed by atoms with Crippen LogP contribution in [-0.2, 0) is 33.4 Å². The summed E-state index contributed by atoms with van der Waals surface area (Å²) in [7, 11) is 2.50. The minimum atomic E-state index is -0.902. The molecule has 4 rings (SSSR count). The molecule has 0 saturated heterocycles. The topological polar surface area (TPSA) is 154 Å². The van der Waals surface area contributed by atoms with Gasteiger partial charge in [-0.05, 0) is 42.3 Å². The van der Waals surface area contributed by atoms with Gasteiger partial charge in [-0.15, -0.1) is 0 Å². The van der Waals surface area contributed by atoms with E-state index < -0.39 is 29.7 Å². The predicted molar refractivity (Wildman–Crippen MR) is 167 cm³/mol. The van der Waals surface area contributed by atoms with E-state index in [-0.39, 0.29) is 43.5 Å². The Hall–Kier alpha value is -4.26. The predicted octanol–water partition coefficient (Wildman–Crippen LogP) is 3.59. The Labute approximate surface area is 269 Å². The molecule has 0 aromatic heterocycles. The second-order valence-electron chi connectivity index (χ2n) is 10.0. The van der Waals surface area contributed by atoms with Gasteiger partial charge in [0.25, 0.3) is 5.91 Å². The van der Waals surface area contributed by atoms with E-state index in [9.17, 15) is 19.2 Å². The molecule has 0 fully saturated rings. The SMILES string of the molecule is COC(=O)C1=C(COCCNC(=O)COc2ccc(C3=NNC(=O)CC3)cc2Cl)N=C(C)C(C(=O)OC)C1c1ccccc1Cl. The summed E-state index contributed by atoms with van der Waals surface area (Å²) in [4.78, 5) is 54.1. The fourth-order valence-electron chi connectivity index (χ4n) is 5.00. The molecule has 0 saturated carbocycles. The fourth-order valence-corrected chi connectivity index (χ4v) is 5.48. The zero-order valence-corrected chi connectivity index (χ0v) is 26.4. The van der Waals surface area contributed by atoms with E-state index in [1.54, 1.807) is 49.4 Å². The highest BCUT2D eigenvalue weighted by Crippen LogP contribution is 2.42. The number of nitrogens with one attached hydrogen (secondary N) is 2. The highest BCUT2D eigenvalue weighted by atomic mass is 35.5. The number of hydrogen-bond donors (Lipinski definition) is 2. The molecule has 2 aliphatic heterocycles. The zero-order valence-electron chi connectivity index (χ0n) is 24.9. The van der Waals surface area contributed by atoms with E-state index >= 15 is 0 Å². The third-order valence-electron chi connectivity index (χ3n) is 7.15. The van der Waals surface area contributed by atoms with Crippen molar-refractivity contribution in [1.29, 1.82) is 0 Å². The lowest BCUT2D eigenvalue weighted by Gasteiger charge is -2.32. The Morgan fingerprint density at radius 2 is 1.82 bits per heavy atom. The van der Waals surface area contributed by atoms with Gasteiger partial charge in [-0.2, -0.15) is 5.10 Å². The van der Waals surface area contributed by atoms with E-state index in [2.05, 4.69) is 20.8 Å². The lowest BCUT2D eigenvalue weighted by Crippen LogP contribution is -2.37. The molecule has 0 spiro atoms. The van der Waals surface area contributed by atoms with Crippen molar-refractivity contribution in [1.82, 2.24) is 10.7 Å². The number of rotatable bonds is 12. The van der Waals surface area contributed by atoms with E-state index in [4.69, 9.17) is 42.1 Å². The summed E-state index contributed by atoms with van der Waals surface area (Å²) in [5.41, 5.74) is 5.26. The van der Waals surface area contributed by atoms with Crippen LogP contribution >= 0.6 is 23.2 Å². The summed E-state index contributed by atoms with van der Waals surface area (Å²) in [6, 6.07) is 11.9. The summed E-state index contributed by atoms with van der Waals surface area (Å²) in [6.45, 7) is 1.51. The number of hydrazone groups is 1. The zero-order chi connectivity index (χ0) is 32.5. The maximum Gasteiger partial charge on any atom is 0.336 e. The van der Waals surface area contributed by atoms with Crippen LogP contribution in [-0.4, -0.2) is 75.8 Å². The van der Waals surface area contributed by atoms with Crippen LogP contribution in [0.15, 0.2) is 63.8 Å². The van der Waals surface area contributed by atoms with Crippen LogP contribution in [0.2, 0.25) is 10.0 Å². The summed E-state index contributed by atoms with van der Waals surface area (Å²) in [5.74, 6) is -3.20. The first-order valence-corrected chi connectivity index (χ1v) is 14.7. The molecule has 2 unspecified atom stereocenters. The maximum atomic E-state index is 13.0. The number of esters is 2. The number of amides is 2. The number of nitrogens with zero attached hydrogens (tertiary/aromatic N) is 2. The van der Waals surface area contributed by atoms with Gasteiger partial charge in [0.05, 0.1) is 49.4 Å². The quantitative estimate of drug-likeness (QED) is 0.259. The van der Waals surface area contributed by atoms with Crippen LogP contribution in [0.4, 0.5) is 0 Å². The van der Waals surface area contributed by atoms with E-state index in [1.807, 2.05) is 0 Å². The first-order chi connectivity index (χ1) is 21.6. The summed E-state index contributed by atoms with van der Waals surface area (Å²) < 4.78 is 21.4. The van der Waals surface area contributed by atoms with E-state index in [0.717, 1.165) is 5.56 Å². The molecule has 2 aromatic carbocycles. The van der Waals surface area contributed by atoms with Crippen molar-refractivity contribution in [3.63, 3.8) is 0 Å². The number of carbonyl (C=O) groups is 4. The Balaban J connectivity index is 1.35. The minimum absolute atomic E-state index is 0.0869. The lowest BCUT2D eigenvalue weighted by molar-refractivity contribution is -0.143. The third kappa shape index (κ3) is 8.27. The fraction of sp³-hybridized carbons (Fsp3) is 0.355. The van der Waals surface area contributed by atoms with Gasteiger partial charge in [0.2, 0.25) is 5.91 Å². The molecule has 0 aliphatic carbocycles. The van der Waals surface area contributed by atoms with Crippen molar-refractivity contribution in [2.24, 2.45) is 16.0 Å². The molecule has 2 amide bonds. The monoisotopic (exact) mass is 658 g/mol.